The van der Waals surface area contributed by atoms with Crippen molar-refractivity contribution in [1.82, 2.24) is 30.0 Å². The molecule has 3 heterocycles. The maximum absolute atomic E-state index is 11.9. The molecule has 0 radical (unpaired) electrons. The molecule has 8 nitrogen and oxygen atoms in total. The van der Waals surface area contributed by atoms with Crippen LogP contribution in [0.3, 0.4) is 0 Å². The number of amides is 1. The van der Waals surface area contributed by atoms with Crippen molar-refractivity contribution in [2.75, 3.05) is 18.0 Å². The van der Waals surface area contributed by atoms with Crippen molar-refractivity contribution in [3.8, 4) is 5.95 Å². The molecule has 0 spiro atoms. The fourth-order valence-electron chi connectivity index (χ4n) is 2.31. The second-order valence-corrected chi connectivity index (χ2v) is 4.90. The Hall–Kier alpha value is -2.22. The quantitative estimate of drug-likeness (QED) is 0.884. The Morgan fingerprint density at radius 1 is 1.38 bits per heavy atom. The third-order valence-electron chi connectivity index (χ3n) is 3.27. The van der Waals surface area contributed by atoms with Gasteiger partial charge in [0.05, 0.1) is 0 Å². The highest BCUT2D eigenvalue weighted by Gasteiger charge is 2.30. The van der Waals surface area contributed by atoms with Crippen LogP contribution in [0.1, 0.15) is 13.3 Å². The Morgan fingerprint density at radius 2 is 2.19 bits per heavy atom. The van der Waals surface area contributed by atoms with Crippen LogP contribution in [-0.4, -0.2) is 49.8 Å². The van der Waals surface area contributed by atoms with Gasteiger partial charge in [0.2, 0.25) is 17.1 Å². The Morgan fingerprint density at radius 3 is 2.90 bits per heavy atom. The smallest absolute Gasteiger partial charge is 0.256 e. The maximum Gasteiger partial charge on any atom is 0.256 e. The Bertz CT molecular complexity index is 645. The van der Waals surface area contributed by atoms with Gasteiger partial charge in [0, 0.05) is 25.5 Å². The predicted molar refractivity (Wildman–Crippen MR) is 76.4 cm³/mol. The van der Waals surface area contributed by atoms with Crippen LogP contribution in [-0.2, 0) is 4.79 Å². The summed E-state index contributed by atoms with van der Waals surface area (Å²) < 4.78 is 1.50. The summed E-state index contributed by atoms with van der Waals surface area (Å²) in [6, 6.07) is 1.46. The van der Waals surface area contributed by atoms with Gasteiger partial charge in [0.1, 0.15) is 6.04 Å². The van der Waals surface area contributed by atoms with Gasteiger partial charge in [-0.3, -0.25) is 4.79 Å². The van der Waals surface area contributed by atoms with E-state index in [1.165, 1.54) is 4.68 Å². The van der Waals surface area contributed by atoms with Crippen molar-refractivity contribution in [3.63, 3.8) is 0 Å². The van der Waals surface area contributed by atoms with E-state index in [0.717, 1.165) is 0 Å². The van der Waals surface area contributed by atoms with Gasteiger partial charge in [-0.15, -0.1) is 0 Å². The molecule has 1 amide bonds. The highest BCUT2D eigenvalue weighted by atomic mass is 35.5. The lowest BCUT2D eigenvalue weighted by molar-refractivity contribution is -0.123. The van der Waals surface area contributed by atoms with Gasteiger partial charge >= 0.3 is 0 Å². The first kappa shape index (κ1) is 13.7. The zero-order valence-electron chi connectivity index (χ0n) is 11.4. The van der Waals surface area contributed by atoms with Gasteiger partial charge in [-0.05, 0) is 24.1 Å². The van der Waals surface area contributed by atoms with Crippen molar-refractivity contribution < 1.29 is 4.79 Å². The van der Waals surface area contributed by atoms with Crippen LogP contribution >= 0.6 is 11.6 Å². The number of carbonyl (C=O) groups excluding carboxylic acids is 1. The van der Waals surface area contributed by atoms with Crippen LogP contribution in [0.5, 0.6) is 0 Å². The lowest BCUT2D eigenvalue weighted by Gasteiger charge is -2.34. The number of hydrogen-bond acceptors (Lipinski definition) is 6. The largest absolute Gasteiger partial charge is 0.353 e. The molecule has 1 aliphatic rings. The summed E-state index contributed by atoms with van der Waals surface area (Å²) in [4.78, 5) is 26.4. The van der Waals surface area contributed by atoms with Crippen molar-refractivity contribution in [2.45, 2.75) is 19.4 Å². The number of hydrogen-bond donors (Lipinski definition) is 1. The first-order valence-electron chi connectivity index (χ1n) is 6.65. The van der Waals surface area contributed by atoms with E-state index >= 15 is 0 Å². The van der Waals surface area contributed by atoms with Crippen molar-refractivity contribution in [2.24, 2.45) is 0 Å². The topological polar surface area (TPSA) is 88.8 Å². The van der Waals surface area contributed by atoms with Gasteiger partial charge in [-0.1, -0.05) is 6.92 Å². The number of carbonyl (C=O) groups is 1. The number of anilines is 1. The summed E-state index contributed by atoms with van der Waals surface area (Å²) in [6.45, 7) is 3.12. The maximum atomic E-state index is 11.9. The molecule has 0 saturated carbocycles. The average molecular weight is 308 g/mol. The van der Waals surface area contributed by atoms with Crippen molar-refractivity contribution in [3.05, 3.63) is 23.7 Å². The van der Waals surface area contributed by atoms with Crippen LogP contribution in [0.15, 0.2) is 18.5 Å². The summed E-state index contributed by atoms with van der Waals surface area (Å²) in [5.41, 5.74) is 0. The fourth-order valence-corrected chi connectivity index (χ4v) is 2.46. The van der Waals surface area contributed by atoms with E-state index in [0.29, 0.717) is 31.4 Å². The number of nitrogens with one attached hydrogen (secondary N) is 1. The Kier molecular flexibility index (Phi) is 3.70. The zero-order valence-corrected chi connectivity index (χ0v) is 12.2. The second kappa shape index (κ2) is 5.65. The number of nitrogens with zero attached hydrogens (tertiary/aromatic N) is 6. The highest BCUT2D eigenvalue weighted by molar-refractivity contribution is 6.28. The normalized spacial score (nSPS) is 18.7. The average Bonchev–Trinajstić information content (AvgIpc) is 3.00. The van der Waals surface area contributed by atoms with Crippen LogP contribution < -0.4 is 10.2 Å². The summed E-state index contributed by atoms with van der Waals surface area (Å²) in [5.74, 6) is 0.693. The molecule has 0 aromatic carbocycles. The molecule has 1 aliphatic heterocycles. The molecule has 3 rings (SSSR count). The first-order chi connectivity index (χ1) is 10.2. The first-order valence-corrected chi connectivity index (χ1v) is 7.02. The van der Waals surface area contributed by atoms with Crippen molar-refractivity contribution >= 4 is 23.5 Å². The van der Waals surface area contributed by atoms with Crippen LogP contribution in [0.2, 0.25) is 5.28 Å². The summed E-state index contributed by atoms with van der Waals surface area (Å²) in [5, 5.41) is 6.99. The van der Waals surface area contributed by atoms with E-state index in [4.69, 9.17) is 11.6 Å². The number of aromatic nitrogens is 5. The number of halogens is 1. The minimum atomic E-state index is -0.303. The van der Waals surface area contributed by atoms with Crippen LogP contribution in [0, 0.1) is 0 Å². The van der Waals surface area contributed by atoms with Gasteiger partial charge in [0.15, 0.2) is 0 Å². The van der Waals surface area contributed by atoms with Gasteiger partial charge in [-0.2, -0.15) is 20.1 Å². The SMILES string of the molecule is CCC1C(=O)NCCN1c1nc(Cl)nc(-n2cccn2)n1. The van der Waals surface area contributed by atoms with Gasteiger partial charge in [0.25, 0.3) is 5.95 Å². The van der Waals surface area contributed by atoms with E-state index in [1.54, 1.807) is 18.5 Å². The number of rotatable bonds is 3. The van der Waals surface area contributed by atoms with Gasteiger partial charge < -0.3 is 10.2 Å². The lowest BCUT2D eigenvalue weighted by atomic mass is 10.1. The molecule has 2 aromatic rings. The van der Waals surface area contributed by atoms with Crippen LogP contribution in [0.4, 0.5) is 5.95 Å². The zero-order chi connectivity index (χ0) is 14.8. The molecule has 0 aliphatic carbocycles. The summed E-state index contributed by atoms with van der Waals surface area (Å²) >= 11 is 5.98. The molecule has 2 aromatic heterocycles. The Balaban J connectivity index is 1.99. The summed E-state index contributed by atoms with van der Waals surface area (Å²) in [6.07, 6.45) is 4.00. The van der Waals surface area contributed by atoms with E-state index in [1.807, 2.05) is 11.8 Å². The highest BCUT2D eigenvalue weighted by Crippen LogP contribution is 2.18. The molecule has 21 heavy (non-hydrogen) atoms. The standard InChI is InChI=1S/C12H14ClN7O/c1-2-8-9(21)14-5-7-19(8)11-16-10(13)17-12(18-11)20-6-3-4-15-20/h3-4,6,8H,2,5,7H2,1H3,(H,14,21). The van der Waals surface area contributed by atoms with Crippen molar-refractivity contribution in [1.29, 1.82) is 0 Å². The molecule has 1 atom stereocenters. The van der Waals surface area contributed by atoms with E-state index in [9.17, 15) is 4.79 Å². The molecule has 0 bridgehead atoms. The molecular weight excluding hydrogens is 294 g/mol. The third-order valence-corrected chi connectivity index (χ3v) is 3.44. The van der Waals surface area contributed by atoms with Crippen LogP contribution in [0.25, 0.3) is 5.95 Å². The lowest BCUT2D eigenvalue weighted by Crippen LogP contribution is -2.55. The predicted octanol–water partition coefficient (Wildman–Crippen LogP) is 0.425. The second-order valence-electron chi connectivity index (χ2n) is 4.56. The van der Waals surface area contributed by atoms with Gasteiger partial charge in [-0.25, -0.2) is 4.68 Å². The minimum Gasteiger partial charge on any atom is -0.353 e. The number of piperazine rings is 1. The molecule has 1 N–H and O–H groups in total. The summed E-state index contributed by atoms with van der Waals surface area (Å²) in [7, 11) is 0. The minimum absolute atomic E-state index is 0.0269. The molecule has 1 saturated heterocycles. The molecule has 110 valence electrons. The van der Waals surface area contributed by atoms with E-state index in [2.05, 4.69) is 25.4 Å². The molecule has 1 fully saturated rings. The molecular formula is C12H14ClN7O. The van der Waals surface area contributed by atoms with E-state index in [-0.39, 0.29) is 17.2 Å². The molecule has 1 unspecified atom stereocenters. The third kappa shape index (κ3) is 2.66. The Labute approximate surface area is 126 Å². The van der Waals surface area contributed by atoms with E-state index < -0.39 is 0 Å². The molecule has 9 heteroatoms. The fraction of sp³-hybridized carbons (Fsp3) is 0.417. The monoisotopic (exact) mass is 307 g/mol.